The average molecular weight is 307 g/mol. The van der Waals surface area contributed by atoms with Crippen LogP contribution in [0.4, 0.5) is 5.69 Å². The first-order valence-corrected chi connectivity index (χ1v) is 8.73. The Morgan fingerprint density at radius 2 is 2.10 bits per heavy atom. The zero-order valence-electron chi connectivity index (χ0n) is 12.3. The smallest absolute Gasteiger partial charge is 0.245 e. The van der Waals surface area contributed by atoms with Crippen molar-refractivity contribution < 1.29 is 8.42 Å². The molecule has 0 spiro atoms. The highest BCUT2D eigenvalue weighted by atomic mass is 32.2. The third kappa shape index (κ3) is 2.32. The number of nitrogens with one attached hydrogen (secondary N) is 1. The second-order valence-electron chi connectivity index (χ2n) is 5.93. The molecule has 0 aliphatic carbocycles. The Bertz CT molecular complexity index is 766. The fourth-order valence-corrected chi connectivity index (χ4v) is 5.01. The number of sulfonamides is 1. The number of nitrogens with zero attached hydrogens (tertiary/aromatic N) is 1. The van der Waals surface area contributed by atoms with Gasteiger partial charge in [-0.15, -0.1) is 0 Å². The van der Waals surface area contributed by atoms with Gasteiger partial charge in [0.2, 0.25) is 10.0 Å². The van der Waals surface area contributed by atoms with Crippen molar-refractivity contribution in [2.45, 2.75) is 37.6 Å². The zero-order chi connectivity index (χ0) is 15.2. The molecule has 114 valence electrons. The highest BCUT2D eigenvalue weighted by Crippen LogP contribution is 2.32. The van der Waals surface area contributed by atoms with Gasteiger partial charge in [-0.2, -0.15) is 4.31 Å². The molecular formula is C15H21N3O2S. The third-order valence-electron chi connectivity index (χ3n) is 4.57. The minimum atomic E-state index is -3.50. The fourth-order valence-electron chi connectivity index (χ4n) is 3.09. The number of rotatable bonds is 2. The van der Waals surface area contributed by atoms with Gasteiger partial charge < -0.3 is 10.7 Å². The number of hydrogen-bond acceptors (Lipinski definition) is 3. The molecule has 5 nitrogen and oxygen atoms in total. The van der Waals surface area contributed by atoms with Gasteiger partial charge in [0.25, 0.3) is 0 Å². The first kappa shape index (κ1) is 14.4. The van der Waals surface area contributed by atoms with Gasteiger partial charge >= 0.3 is 0 Å². The first-order valence-electron chi connectivity index (χ1n) is 7.29. The molecule has 2 unspecified atom stereocenters. The van der Waals surface area contributed by atoms with Gasteiger partial charge in [-0.1, -0.05) is 6.92 Å². The van der Waals surface area contributed by atoms with Crippen molar-refractivity contribution in [3.05, 3.63) is 24.4 Å². The van der Waals surface area contributed by atoms with Crippen molar-refractivity contribution in [2.75, 3.05) is 12.3 Å². The predicted molar refractivity (Wildman–Crippen MR) is 84.5 cm³/mol. The van der Waals surface area contributed by atoms with Crippen LogP contribution >= 0.6 is 0 Å². The van der Waals surface area contributed by atoms with Crippen molar-refractivity contribution >= 4 is 26.6 Å². The Morgan fingerprint density at radius 1 is 1.33 bits per heavy atom. The summed E-state index contributed by atoms with van der Waals surface area (Å²) in [5.74, 6) is 0.379. The van der Waals surface area contributed by atoms with Gasteiger partial charge in [-0.05, 0) is 43.9 Å². The summed E-state index contributed by atoms with van der Waals surface area (Å²) in [7, 11) is -3.50. The van der Waals surface area contributed by atoms with Gasteiger partial charge in [0.05, 0.1) is 0 Å². The van der Waals surface area contributed by atoms with Crippen molar-refractivity contribution in [2.24, 2.45) is 5.92 Å². The SMILES string of the molecule is CC1CCCN(S(=O)(=O)c2c[nH]c3ccc(N)cc23)C1C. The van der Waals surface area contributed by atoms with Crippen LogP contribution in [-0.4, -0.2) is 30.3 Å². The molecule has 1 saturated heterocycles. The molecule has 3 rings (SSSR count). The molecule has 2 atom stereocenters. The highest BCUT2D eigenvalue weighted by molar-refractivity contribution is 7.89. The quantitative estimate of drug-likeness (QED) is 0.837. The number of hydrogen-bond donors (Lipinski definition) is 2. The van der Waals surface area contributed by atoms with Gasteiger partial charge in [-0.3, -0.25) is 0 Å². The number of piperidine rings is 1. The monoisotopic (exact) mass is 307 g/mol. The molecule has 0 saturated carbocycles. The Labute approximate surface area is 125 Å². The van der Waals surface area contributed by atoms with Gasteiger partial charge in [0, 0.05) is 35.4 Å². The fraction of sp³-hybridized carbons (Fsp3) is 0.467. The van der Waals surface area contributed by atoms with Crippen molar-refractivity contribution in [3.8, 4) is 0 Å². The van der Waals surface area contributed by atoms with Crippen LogP contribution in [-0.2, 0) is 10.0 Å². The summed E-state index contributed by atoms with van der Waals surface area (Å²) in [5.41, 5.74) is 7.16. The van der Waals surface area contributed by atoms with Crippen LogP contribution in [0.1, 0.15) is 26.7 Å². The normalized spacial score (nSPS) is 24.5. The molecule has 1 aliphatic heterocycles. The van der Waals surface area contributed by atoms with E-state index in [1.807, 2.05) is 13.0 Å². The zero-order valence-corrected chi connectivity index (χ0v) is 13.2. The number of benzene rings is 1. The lowest BCUT2D eigenvalue weighted by molar-refractivity contribution is 0.202. The summed E-state index contributed by atoms with van der Waals surface area (Å²) in [6, 6.07) is 5.32. The molecule has 1 aromatic carbocycles. The molecule has 2 heterocycles. The van der Waals surface area contributed by atoms with Gasteiger partial charge in [0.1, 0.15) is 4.90 Å². The summed E-state index contributed by atoms with van der Waals surface area (Å²) in [5, 5.41) is 0.667. The molecule has 1 fully saturated rings. The molecule has 1 aromatic heterocycles. The number of anilines is 1. The Morgan fingerprint density at radius 3 is 2.86 bits per heavy atom. The number of nitrogen functional groups attached to an aromatic ring is 1. The van der Waals surface area contributed by atoms with E-state index < -0.39 is 10.0 Å². The van der Waals surface area contributed by atoms with E-state index in [2.05, 4.69) is 11.9 Å². The predicted octanol–water partition coefficient (Wildman–Crippen LogP) is 2.56. The van der Waals surface area contributed by atoms with Gasteiger partial charge in [0.15, 0.2) is 0 Å². The van der Waals surface area contributed by atoms with Crippen molar-refractivity contribution in [1.29, 1.82) is 0 Å². The van der Waals surface area contributed by atoms with E-state index in [1.165, 1.54) is 0 Å². The minimum absolute atomic E-state index is 0.0229. The summed E-state index contributed by atoms with van der Waals surface area (Å²) in [6.45, 7) is 4.69. The highest BCUT2D eigenvalue weighted by Gasteiger charge is 2.35. The van der Waals surface area contributed by atoms with E-state index in [0.717, 1.165) is 18.4 Å². The molecule has 2 aromatic rings. The molecule has 0 radical (unpaired) electrons. The van der Waals surface area contributed by atoms with Crippen LogP contribution < -0.4 is 5.73 Å². The maximum atomic E-state index is 13.0. The Balaban J connectivity index is 2.10. The van der Waals surface area contributed by atoms with Crippen LogP contribution in [0.5, 0.6) is 0 Å². The number of aromatic nitrogens is 1. The van der Waals surface area contributed by atoms with Crippen LogP contribution in [0.25, 0.3) is 10.9 Å². The summed E-state index contributed by atoms with van der Waals surface area (Å²) < 4.78 is 27.6. The molecule has 3 N–H and O–H groups in total. The molecule has 0 bridgehead atoms. The van der Waals surface area contributed by atoms with E-state index in [0.29, 0.717) is 28.4 Å². The van der Waals surface area contributed by atoms with E-state index >= 15 is 0 Å². The molecule has 1 aliphatic rings. The molecular weight excluding hydrogens is 286 g/mol. The molecule has 21 heavy (non-hydrogen) atoms. The number of fused-ring (bicyclic) bond motifs is 1. The first-order chi connectivity index (χ1) is 9.91. The lowest BCUT2D eigenvalue weighted by Crippen LogP contribution is -2.45. The van der Waals surface area contributed by atoms with Gasteiger partial charge in [-0.25, -0.2) is 8.42 Å². The Hall–Kier alpha value is -1.53. The lowest BCUT2D eigenvalue weighted by atomic mass is 9.94. The average Bonchev–Trinajstić information content (AvgIpc) is 2.85. The summed E-state index contributed by atoms with van der Waals surface area (Å²) in [4.78, 5) is 3.35. The second kappa shape index (κ2) is 5.03. The Kier molecular flexibility index (Phi) is 3.45. The van der Waals surface area contributed by atoms with Crippen LogP contribution in [0.2, 0.25) is 0 Å². The molecule has 0 amide bonds. The largest absolute Gasteiger partial charge is 0.399 e. The number of nitrogens with two attached hydrogens (primary N) is 1. The second-order valence-corrected chi connectivity index (χ2v) is 7.79. The van der Waals surface area contributed by atoms with E-state index in [9.17, 15) is 8.42 Å². The maximum absolute atomic E-state index is 13.0. The van der Waals surface area contributed by atoms with Crippen molar-refractivity contribution in [1.82, 2.24) is 9.29 Å². The summed E-state index contributed by atoms with van der Waals surface area (Å²) >= 11 is 0. The van der Waals surface area contributed by atoms with Crippen molar-refractivity contribution in [3.63, 3.8) is 0 Å². The number of H-pyrrole nitrogens is 1. The number of aromatic amines is 1. The van der Waals surface area contributed by atoms with E-state index in [-0.39, 0.29) is 6.04 Å². The van der Waals surface area contributed by atoms with Crippen LogP contribution in [0.15, 0.2) is 29.3 Å². The summed E-state index contributed by atoms with van der Waals surface area (Å²) in [6.07, 6.45) is 3.56. The lowest BCUT2D eigenvalue weighted by Gasteiger charge is -2.36. The maximum Gasteiger partial charge on any atom is 0.245 e. The molecule has 6 heteroatoms. The minimum Gasteiger partial charge on any atom is -0.399 e. The standard InChI is InChI=1S/C15H21N3O2S/c1-10-4-3-7-18(11(10)2)21(19,20)15-9-17-14-6-5-12(16)8-13(14)15/h5-6,8-11,17H,3-4,7,16H2,1-2H3. The van der Waals surface area contributed by atoms with Crippen LogP contribution in [0.3, 0.4) is 0 Å². The third-order valence-corrected chi connectivity index (χ3v) is 6.60. The topological polar surface area (TPSA) is 79.2 Å². The van der Waals surface area contributed by atoms with E-state index in [4.69, 9.17) is 5.73 Å². The van der Waals surface area contributed by atoms with E-state index in [1.54, 1.807) is 22.6 Å². The van der Waals surface area contributed by atoms with Crippen LogP contribution in [0, 0.1) is 5.92 Å².